The molecule has 1 atom stereocenters. The summed E-state index contributed by atoms with van der Waals surface area (Å²) in [6, 6.07) is 2.60. The molecule has 1 N–H and O–H groups in total. The van der Waals surface area contributed by atoms with Gasteiger partial charge in [-0.3, -0.25) is 0 Å². The molecule has 1 aromatic rings. The Kier molecular flexibility index (Phi) is 5.09. The lowest BCUT2D eigenvalue weighted by atomic mass is 10.1. The first-order valence-electron chi connectivity index (χ1n) is 6.08. The molecule has 0 aliphatic carbocycles. The Labute approximate surface area is 119 Å². The predicted octanol–water partition coefficient (Wildman–Crippen LogP) is 3.38. The zero-order valence-electron chi connectivity index (χ0n) is 10.0. The lowest BCUT2D eigenvalue weighted by molar-refractivity contribution is 0.196. The fourth-order valence-corrected chi connectivity index (χ4v) is 2.89. The third-order valence-electron chi connectivity index (χ3n) is 3.21. The summed E-state index contributed by atoms with van der Waals surface area (Å²) in [7, 11) is 0. The second-order valence-electron chi connectivity index (χ2n) is 4.45. The first-order valence-corrected chi connectivity index (χ1v) is 7.67. The van der Waals surface area contributed by atoms with Crippen molar-refractivity contribution in [2.75, 3.05) is 19.6 Å². The van der Waals surface area contributed by atoms with Crippen LogP contribution in [-0.4, -0.2) is 30.6 Å². The quantitative estimate of drug-likeness (QED) is 0.886. The minimum absolute atomic E-state index is 0.589. The van der Waals surface area contributed by atoms with Gasteiger partial charge in [0.1, 0.15) is 5.76 Å². The fraction of sp³-hybridized carbons (Fsp3) is 0.667. The molecule has 17 heavy (non-hydrogen) atoms. The minimum atomic E-state index is 0.589. The number of nitrogens with zero attached hydrogens (tertiary/aromatic N) is 1. The third-order valence-corrected chi connectivity index (χ3v) is 4.92. The first-order chi connectivity index (χ1) is 8.19. The number of likely N-dealkylation sites (tertiary alicyclic amines) is 1. The van der Waals surface area contributed by atoms with Gasteiger partial charge in [-0.15, -0.1) is 0 Å². The number of halogens is 2. The summed E-state index contributed by atoms with van der Waals surface area (Å²) in [5.41, 5.74) is 0. The number of rotatable bonds is 4. The van der Waals surface area contributed by atoms with Gasteiger partial charge in [-0.25, -0.2) is 0 Å². The average molecular weight is 366 g/mol. The molecule has 2 heterocycles. The maximum atomic E-state index is 5.55. The average Bonchev–Trinajstić information content (AvgIpc) is 2.67. The van der Waals surface area contributed by atoms with Crippen LogP contribution < -0.4 is 5.32 Å². The largest absolute Gasteiger partial charge is 0.452 e. The number of furan rings is 1. The van der Waals surface area contributed by atoms with Gasteiger partial charge in [0.05, 0.1) is 11.0 Å². The van der Waals surface area contributed by atoms with E-state index in [4.69, 9.17) is 4.42 Å². The van der Waals surface area contributed by atoms with Crippen molar-refractivity contribution in [2.24, 2.45) is 0 Å². The van der Waals surface area contributed by atoms with E-state index in [1.807, 2.05) is 6.07 Å². The highest BCUT2D eigenvalue weighted by Crippen LogP contribution is 2.26. The van der Waals surface area contributed by atoms with Crippen molar-refractivity contribution in [3.8, 4) is 0 Å². The summed E-state index contributed by atoms with van der Waals surface area (Å²) in [6.45, 7) is 6.57. The van der Waals surface area contributed by atoms with Crippen molar-refractivity contribution < 1.29 is 4.42 Å². The van der Waals surface area contributed by atoms with Crippen molar-refractivity contribution in [1.82, 2.24) is 10.2 Å². The zero-order valence-corrected chi connectivity index (χ0v) is 13.2. The smallest absolute Gasteiger partial charge is 0.183 e. The molecule has 1 saturated heterocycles. The Morgan fingerprint density at radius 1 is 1.53 bits per heavy atom. The van der Waals surface area contributed by atoms with Gasteiger partial charge >= 0.3 is 0 Å². The van der Waals surface area contributed by atoms with Crippen LogP contribution in [0, 0.1) is 0 Å². The fourth-order valence-electron chi connectivity index (χ4n) is 2.23. The normalized spacial score (nSPS) is 21.9. The van der Waals surface area contributed by atoms with Crippen molar-refractivity contribution >= 4 is 31.9 Å². The van der Waals surface area contributed by atoms with Crippen molar-refractivity contribution in [1.29, 1.82) is 0 Å². The molecule has 0 saturated carbocycles. The Balaban J connectivity index is 1.81. The van der Waals surface area contributed by atoms with E-state index in [-0.39, 0.29) is 0 Å². The van der Waals surface area contributed by atoms with Crippen LogP contribution in [0.2, 0.25) is 0 Å². The summed E-state index contributed by atoms with van der Waals surface area (Å²) in [6.07, 6.45) is 2.55. The molecule has 1 aliphatic heterocycles. The highest BCUT2D eigenvalue weighted by Gasteiger charge is 2.18. The summed E-state index contributed by atoms with van der Waals surface area (Å²) in [5, 5.41) is 3.57. The van der Waals surface area contributed by atoms with E-state index in [0.29, 0.717) is 6.04 Å². The zero-order chi connectivity index (χ0) is 12.3. The van der Waals surface area contributed by atoms with Crippen molar-refractivity contribution in [3.05, 3.63) is 21.0 Å². The topological polar surface area (TPSA) is 28.4 Å². The molecule has 0 bridgehead atoms. The molecule has 0 amide bonds. The molecule has 0 spiro atoms. The van der Waals surface area contributed by atoms with Gasteiger partial charge in [0, 0.05) is 12.6 Å². The molecule has 1 aliphatic rings. The molecular weight excluding hydrogens is 348 g/mol. The molecular formula is C12H18Br2N2O. The SMILES string of the molecule is CCN1CCCC(NCc2cc(Br)c(Br)o2)C1. The van der Waals surface area contributed by atoms with Gasteiger partial charge in [0.2, 0.25) is 0 Å². The second-order valence-corrected chi connectivity index (χ2v) is 6.02. The molecule has 3 nitrogen and oxygen atoms in total. The van der Waals surface area contributed by atoms with Crippen LogP contribution in [0.1, 0.15) is 25.5 Å². The van der Waals surface area contributed by atoms with Gasteiger partial charge < -0.3 is 14.6 Å². The molecule has 0 radical (unpaired) electrons. The number of piperidine rings is 1. The van der Waals surface area contributed by atoms with Crippen LogP contribution in [0.15, 0.2) is 19.6 Å². The first kappa shape index (κ1) is 13.6. The van der Waals surface area contributed by atoms with Crippen LogP contribution in [0.4, 0.5) is 0 Å². The van der Waals surface area contributed by atoms with E-state index in [0.717, 1.165) is 34.5 Å². The van der Waals surface area contributed by atoms with E-state index in [9.17, 15) is 0 Å². The number of hydrogen-bond acceptors (Lipinski definition) is 3. The number of hydrogen-bond donors (Lipinski definition) is 1. The van der Waals surface area contributed by atoms with Gasteiger partial charge in [-0.2, -0.15) is 0 Å². The van der Waals surface area contributed by atoms with E-state index in [2.05, 4.69) is 49.0 Å². The summed E-state index contributed by atoms with van der Waals surface area (Å²) >= 11 is 6.78. The summed E-state index contributed by atoms with van der Waals surface area (Å²) in [4.78, 5) is 2.50. The van der Waals surface area contributed by atoms with E-state index in [1.54, 1.807) is 0 Å². The highest BCUT2D eigenvalue weighted by atomic mass is 79.9. The van der Waals surface area contributed by atoms with Gasteiger partial charge in [-0.1, -0.05) is 6.92 Å². The Morgan fingerprint density at radius 2 is 2.35 bits per heavy atom. The molecule has 0 aromatic carbocycles. The van der Waals surface area contributed by atoms with Crippen molar-refractivity contribution in [2.45, 2.75) is 32.4 Å². The maximum absolute atomic E-state index is 5.55. The van der Waals surface area contributed by atoms with Crippen LogP contribution in [0.25, 0.3) is 0 Å². The van der Waals surface area contributed by atoms with E-state index >= 15 is 0 Å². The standard InChI is InChI=1S/C12H18Br2N2O/c1-2-16-5-3-4-9(8-16)15-7-10-6-11(13)12(14)17-10/h6,9,15H,2-5,7-8H2,1H3. The summed E-state index contributed by atoms with van der Waals surface area (Å²) < 4.78 is 7.30. The Morgan fingerprint density at radius 3 is 3.00 bits per heavy atom. The Hall–Kier alpha value is 0.160. The molecule has 5 heteroatoms. The lowest BCUT2D eigenvalue weighted by Gasteiger charge is -2.32. The summed E-state index contributed by atoms with van der Waals surface area (Å²) in [5.74, 6) is 0.970. The van der Waals surface area contributed by atoms with Crippen LogP contribution >= 0.6 is 31.9 Å². The number of nitrogens with one attached hydrogen (secondary N) is 1. The Bertz CT molecular complexity index is 348. The monoisotopic (exact) mass is 364 g/mol. The van der Waals surface area contributed by atoms with Gasteiger partial charge in [0.15, 0.2) is 4.67 Å². The predicted molar refractivity (Wildman–Crippen MR) is 76.1 cm³/mol. The second kappa shape index (κ2) is 6.36. The molecule has 1 fully saturated rings. The maximum Gasteiger partial charge on any atom is 0.183 e. The van der Waals surface area contributed by atoms with Crippen LogP contribution in [0.5, 0.6) is 0 Å². The third kappa shape index (κ3) is 3.81. The van der Waals surface area contributed by atoms with Crippen LogP contribution in [0.3, 0.4) is 0 Å². The lowest BCUT2D eigenvalue weighted by Crippen LogP contribution is -2.45. The molecule has 1 unspecified atom stereocenters. The van der Waals surface area contributed by atoms with E-state index in [1.165, 1.54) is 19.4 Å². The molecule has 96 valence electrons. The minimum Gasteiger partial charge on any atom is -0.452 e. The van der Waals surface area contributed by atoms with Gasteiger partial charge in [0.25, 0.3) is 0 Å². The van der Waals surface area contributed by atoms with Crippen LogP contribution in [-0.2, 0) is 6.54 Å². The van der Waals surface area contributed by atoms with E-state index < -0.39 is 0 Å². The van der Waals surface area contributed by atoms with Gasteiger partial charge in [-0.05, 0) is 63.9 Å². The number of likely N-dealkylation sites (N-methyl/N-ethyl adjacent to an activating group) is 1. The highest BCUT2D eigenvalue weighted by molar-refractivity contribution is 9.13. The molecule has 1 aromatic heterocycles. The molecule has 2 rings (SSSR count). The van der Waals surface area contributed by atoms with Crippen molar-refractivity contribution in [3.63, 3.8) is 0 Å².